The molecule has 25 heavy (non-hydrogen) atoms. The smallest absolute Gasteiger partial charge is 0.271 e. The summed E-state index contributed by atoms with van der Waals surface area (Å²) < 4.78 is 0. The summed E-state index contributed by atoms with van der Waals surface area (Å²) in [6.07, 6.45) is 2.88. The van der Waals surface area contributed by atoms with Gasteiger partial charge in [-0.1, -0.05) is 42.0 Å². The van der Waals surface area contributed by atoms with Crippen LogP contribution < -0.4 is 11.5 Å². The molecule has 1 heterocycles. The Bertz CT molecular complexity index is 950. The Balaban J connectivity index is 1.83. The van der Waals surface area contributed by atoms with Gasteiger partial charge >= 0.3 is 0 Å². The topological polar surface area (TPSA) is 94.9 Å². The Labute approximate surface area is 147 Å². The highest BCUT2D eigenvalue weighted by molar-refractivity contribution is 6.04. The molecule has 5 nitrogen and oxygen atoms in total. The third-order valence-electron chi connectivity index (χ3n) is 4.55. The minimum absolute atomic E-state index is 0.0278. The summed E-state index contributed by atoms with van der Waals surface area (Å²) in [6, 6.07) is 12.4. The number of anilines is 1. The van der Waals surface area contributed by atoms with E-state index in [9.17, 15) is 4.79 Å². The zero-order valence-electron chi connectivity index (χ0n) is 14.5. The van der Waals surface area contributed by atoms with Gasteiger partial charge in [-0.25, -0.2) is 0 Å². The van der Waals surface area contributed by atoms with Crippen LogP contribution in [0.4, 0.5) is 5.69 Å². The van der Waals surface area contributed by atoms with Crippen molar-refractivity contribution in [3.63, 3.8) is 0 Å². The van der Waals surface area contributed by atoms with Gasteiger partial charge in [-0.05, 0) is 49.8 Å². The molecule has 0 aliphatic carbocycles. The summed E-state index contributed by atoms with van der Waals surface area (Å²) in [5.74, 6) is -0.660. The van der Waals surface area contributed by atoms with E-state index in [2.05, 4.69) is 42.2 Å². The van der Waals surface area contributed by atoms with E-state index in [1.165, 1.54) is 16.7 Å². The van der Waals surface area contributed by atoms with Gasteiger partial charge < -0.3 is 11.5 Å². The monoisotopic (exact) mass is 334 g/mol. The molecule has 0 aliphatic rings. The van der Waals surface area contributed by atoms with E-state index < -0.39 is 5.91 Å². The maximum atomic E-state index is 11.4. The SMILES string of the molecule is Cc1ccc(C)c(CCCc2cccc3c(N)c(C(N)=O)nnc23)c1. The second-order valence-corrected chi connectivity index (χ2v) is 6.42. The van der Waals surface area contributed by atoms with Crippen molar-refractivity contribution in [3.05, 3.63) is 64.3 Å². The summed E-state index contributed by atoms with van der Waals surface area (Å²) in [4.78, 5) is 11.4. The number of rotatable bonds is 5. The fourth-order valence-corrected chi connectivity index (χ4v) is 3.13. The molecule has 5 heteroatoms. The zero-order chi connectivity index (χ0) is 18.0. The van der Waals surface area contributed by atoms with E-state index in [1.807, 2.05) is 18.2 Å². The van der Waals surface area contributed by atoms with Crippen molar-refractivity contribution in [2.24, 2.45) is 5.73 Å². The zero-order valence-corrected chi connectivity index (χ0v) is 14.5. The number of fused-ring (bicyclic) bond motifs is 1. The van der Waals surface area contributed by atoms with Gasteiger partial charge in [0.1, 0.15) is 0 Å². The molecule has 0 unspecified atom stereocenters. The number of hydrogen-bond acceptors (Lipinski definition) is 4. The number of benzene rings is 2. The van der Waals surface area contributed by atoms with Crippen LogP contribution in [0.1, 0.15) is 39.2 Å². The molecule has 3 rings (SSSR count). The lowest BCUT2D eigenvalue weighted by atomic mass is 9.97. The quantitative estimate of drug-likeness (QED) is 0.749. The first-order chi connectivity index (χ1) is 12.0. The molecule has 1 aromatic heterocycles. The highest BCUT2D eigenvalue weighted by atomic mass is 16.1. The first-order valence-electron chi connectivity index (χ1n) is 8.37. The Morgan fingerprint density at radius 1 is 1.04 bits per heavy atom. The van der Waals surface area contributed by atoms with Gasteiger partial charge in [0, 0.05) is 5.39 Å². The van der Waals surface area contributed by atoms with Gasteiger partial charge in [-0.15, -0.1) is 10.2 Å². The second-order valence-electron chi connectivity index (χ2n) is 6.42. The van der Waals surface area contributed by atoms with Crippen molar-refractivity contribution in [2.75, 3.05) is 5.73 Å². The molecule has 0 bridgehead atoms. The summed E-state index contributed by atoms with van der Waals surface area (Å²) in [6.45, 7) is 4.26. The number of carbonyl (C=O) groups is 1. The molecule has 2 aromatic carbocycles. The van der Waals surface area contributed by atoms with Crippen molar-refractivity contribution in [1.82, 2.24) is 10.2 Å². The summed E-state index contributed by atoms with van der Waals surface area (Å²) >= 11 is 0. The van der Waals surface area contributed by atoms with Crippen molar-refractivity contribution in [3.8, 4) is 0 Å². The highest BCUT2D eigenvalue weighted by Crippen LogP contribution is 2.25. The minimum Gasteiger partial charge on any atom is -0.396 e. The molecule has 4 N–H and O–H groups in total. The first kappa shape index (κ1) is 16.9. The predicted octanol–water partition coefficient (Wildman–Crippen LogP) is 3.10. The van der Waals surface area contributed by atoms with Gasteiger partial charge in [-0.2, -0.15) is 0 Å². The number of amides is 1. The number of nitrogen functional groups attached to an aromatic ring is 1. The van der Waals surface area contributed by atoms with Gasteiger partial charge in [0.2, 0.25) is 0 Å². The first-order valence-corrected chi connectivity index (χ1v) is 8.37. The molecule has 0 fully saturated rings. The van der Waals surface area contributed by atoms with E-state index in [-0.39, 0.29) is 5.69 Å². The largest absolute Gasteiger partial charge is 0.396 e. The Morgan fingerprint density at radius 3 is 2.56 bits per heavy atom. The molecule has 1 amide bonds. The average Bonchev–Trinajstić information content (AvgIpc) is 2.58. The fraction of sp³-hybridized carbons (Fsp3) is 0.250. The number of hydrogen-bond donors (Lipinski definition) is 2. The molecule has 0 saturated carbocycles. The van der Waals surface area contributed by atoms with Gasteiger partial charge in [0.25, 0.3) is 5.91 Å². The molecule has 0 saturated heterocycles. The molecular weight excluding hydrogens is 312 g/mol. The van der Waals surface area contributed by atoms with Gasteiger partial charge in [0.05, 0.1) is 11.2 Å². The van der Waals surface area contributed by atoms with Crippen molar-refractivity contribution in [1.29, 1.82) is 0 Å². The lowest BCUT2D eigenvalue weighted by molar-refractivity contribution is 0.0996. The van der Waals surface area contributed by atoms with Crippen molar-refractivity contribution < 1.29 is 4.79 Å². The second kappa shape index (κ2) is 6.89. The number of aryl methyl sites for hydroxylation is 4. The van der Waals surface area contributed by atoms with Gasteiger partial charge in [0.15, 0.2) is 5.69 Å². The maximum absolute atomic E-state index is 11.4. The number of nitrogens with two attached hydrogens (primary N) is 2. The van der Waals surface area contributed by atoms with E-state index in [4.69, 9.17) is 11.5 Å². The number of carbonyl (C=O) groups excluding carboxylic acids is 1. The van der Waals surface area contributed by atoms with E-state index >= 15 is 0 Å². The highest BCUT2D eigenvalue weighted by Gasteiger charge is 2.14. The predicted molar refractivity (Wildman–Crippen MR) is 100 cm³/mol. The summed E-state index contributed by atoms with van der Waals surface area (Å²) in [7, 11) is 0. The van der Waals surface area contributed by atoms with Crippen molar-refractivity contribution >= 4 is 22.5 Å². The Hall–Kier alpha value is -2.95. The van der Waals surface area contributed by atoms with Crippen LogP contribution in [0.5, 0.6) is 0 Å². The molecule has 0 radical (unpaired) electrons. The van der Waals surface area contributed by atoms with Gasteiger partial charge in [-0.3, -0.25) is 4.79 Å². The van der Waals surface area contributed by atoms with Crippen LogP contribution in [-0.2, 0) is 12.8 Å². The number of nitrogens with zero attached hydrogens (tertiary/aromatic N) is 2. The molecule has 3 aromatic rings. The molecule has 128 valence electrons. The molecule has 0 spiro atoms. The normalized spacial score (nSPS) is 11.0. The molecule has 0 aliphatic heterocycles. The Morgan fingerprint density at radius 2 is 1.80 bits per heavy atom. The maximum Gasteiger partial charge on any atom is 0.271 e. The number of aromatic nitrogens is 2. The fourth-order valence-electron chi connectivity index (χ4n) is 3.13. The summed E-state index contributed by atoms with van der Waals surface area (Å²) in [5.41, 5.74) is 17.5. The molecule has 0 atom stereocenters. The number of primary amides is 1. The van der Waals surface area contributed by atoms with Crippen LogP contribution >= 0.6 is 0 Å². The van der Waals surface area contributed by atoms with E-state index in [0.717, 1.165) is 35.7 Å². The third-order valence-corrected chi connectivity index (χ3v) is 4.55. The van der Waals surface area contributed by atoms with E-state index in [0.29, 0.717) is 5.69 Å². The van der Waals surface area contributed by atoms with Crippen LogP contribution in [0.2, 0.25) is 0 Å². The van der Waals surface area contributed by atoms with E-state index in [1.54, 1.807) is 0 Å². The van der Waals surface area contributed by atoms with Crippen LogP contribution in [0, 0.1) is 13.8 Å². The third kappa shape index (κ3) is 3.45. The average molecular weight is 334 g/mol. The minimum atomic E-state index is -0.660. The summed E-state index contributed by atoms with van der Waals surface area (Å²) in [5, 5.41) is 8.83. The lowest BCUT2D eigenvalue weighted by Gasteiger charge is -2.10. The van der Waals surface area contributed by atoms with Crippen LogP contribution in [-0.4, -0.2) is 16.1 Å². The van der Waals surface area contributed by atoms with Crippen LogP contribution in [0.3, 0.4) is 0 Å². The lowest BCUT2D eigenvalue weighted by Crippen LogP contribution is -2.17. The van der Waals surface area contributed by atoms with Crippen LogP contribution in [0.25, 0.3) is 10.9 Å². The molecular formula is C20H22N4O. The Kier molecular flexibility index (Phi) is 4.65. The standard InChI is InChI=1S/C20H22N4O/c1-12-9-10-13(2)15(11-12)7-3-5-14-6-4-8-16-17(21)19(20(22)25)24-23-18(14)16/h4,6,8-11H,3,5,7H2,1-2H3,(H2,21,23)(H2,22,25). The van der Waals surface area contributed by atoms with Crippen molar-refractivity contribution in [2.45, 2.75) is 33.1 Å². The van der Waals surface area contributed by atoms with Crippen LogP contribution in [0.15, 0.2) is 36.4 Å².